The van der Waals surface area contributed by atoms with Crippen LogP contribution in [0.1, 0.15) is 16.8 Å². The standard InChI is InChI=1S/C13H16O4/c1-2-3-8-16-9-10-17-12-6-4-11(5-7-12)13(14)15/h2,4-7H,1,3,8-10H2,(H,14,15). The van der Waals surface area contributed by atoms with Gasteiger partial charge < -0.3 is 14.6 Å². The predicted molar refractivity (Wildman–Crippen MR) is 64.5 cm³/mol. The summed E-state index contributed by atoms with van der Waals surface area (Å²) in [7, 11) is 0. The van der Waals surface area contributed by atoms with E-state index < -0.39 is 5.97 Å². The maximum Gasteiger partial charge on any atom is 0.335 e. The Morgan fingerprint density at radius 3 is 2.53 bits per heavy atom. The van der Waals surface area contributed by atoms with Crippen molar-refractivity contribution in [2.24, 2.45) is 0 Å². The van der Waals surface area contributed by atoms with Gasteiger partial charge in [-0.25, -0.2) is 4.79 Å². The van der Waals surface area contributed by atoms with Crippen LogP contribution < -0.4 is 4.74 Å². The summed E-state index contributed by atoms with van der Waals surface area (Å²) >= 11 is 0. The molecule has 0 aliphatic carbocycles. The summed E-state index contributed by atoms with van der Waals surface area (Å²) in [4.78, 5) is 10.6. The van der Waals surface area contributed by atoms with E-state index in [-0.39, 0.29) is 5.56 Å². The first-order chi connectivity index (χ1) is 8.24. The van der Waals surface area contributed by atoms with Gasteiger partial charge >= 0.3 is 5.97 Å². The molecule has 0 saturated heterocycles. The third-order valence-electron chi connectivity index (χ3n) is 2.06. The molecule has 1 aromatic rings. The summed E-state index contributed by atoms with van der Waals surface area (Å²) < 4.78 is 10.6. The third-order valence-corrected chi connectivity index (χ3v) is 2.06. The number of carboxylic acid groups (broad SMARTS) is 1. The number of carboxylic acids is 1. The minimum atomic E-state index is -0.940. The molecule has 0 heterocycles. The Morgan fingerprint density at radius 1 is 1.24 bits per heavy atom. The van der Waals surface area contributed by atoms with Crippen LogP contribution in [-0.2, 0) is 4.74 Å². The van der Waals surface area contributed by atoms with Crippen LogP contribution in [-0.4, -0.2) is 30.9 Å². The number of ether oxygens (including phenoxy) is 2. The summed E-state index contributed by atoms with van der Waals surface area (Å²) in [6, 6.07) is 6.28. The average molecular weight is 236 g/mol. The quantitative estimate of drug-likeness (QED) is 0.556. The second kappa shape index (κ2) is 7.46. The molecule has 1 N–H and O–H groups in total. The molecule has 17 heavy (non-hydrogen) atoms. The highest BCUT2D eigenvalue weighted by molar-refractivity contribution is 5.87. The molecule has 0 aromatic heterocycles. The van der Waals surface area contributed by atoms with Crippen LogP contribution in [0.25, 0.3) is 0 Å². The van der Waals surface area contributed by atoms with E-state index in [1.807, 2.05) is 0 Å². The first kappa shape index (κ1) is 13.3. The Hall–Kier alpha value is -1.81. The molecule has 0 radical (unpaired) electrons. The van der Waals surface area contributed by atoms with Crippen LogP contribution in [0.15, 0.2) is 36.9 Å². The van der Waals surface area contributed by atoms with E-state index in [1.165, 1.54) is 12.1 Å². The van der Waals surface area contributed by atoms with Crippen molar-refractivity contribution < 1.29 is 19.4 Å². The number of carbonyl (C=O) groups is 1. The first-order valence-electron chi connectivity index (χ1n) is 5.39. The molecule has 1 rings (SSSR count). The van der Waals surface area contributed by atoms with Crippen molar-refractivity contribution in [3.05, 3.63) is 42.5 Å². The van der Waals surface area contributed by atoms with Crippen LogP contribution in [0.5, 0.6) is 5.75 Å². The van der Waals surface area contributed by atoms with E-state index in [0.717, 1.165) is 6.42 Å². The lowest BCUT2D eigenvalue weighted by Gasteiger charge is -2.06. The minimum Gasteiger partial charge on any atom is -0.491 e. The van der Waals surface area contributed by atoms with Crippen molar-refractivity contribution in [1.82, 2.24) is 0 Å². The third kappa shape index (κ3) is 5.17. The molecule has 4 heteroatoms. The van der Waals surface area contributed by atoms with Gasteiger partial charge in [-0.15, -0.1) is 6.58 Å². The van der Waals surface area contributed by atoms with E-state index in [0.29, 0.717) is 25.6 Å². The molecule has 0 aliphatic rings. The van der Waals surface area contributed by atoms with Crippen molar-refractivity contribution >= 4 is 5.97 Å². The zero-order valence-corrected chi connectivity index (χ0v) is 9.59. The fourth-order valence-corrected chi connectivity index (χ4v) is 1.18. The summed E-state index contributed by atoms with van der Waals surface area (Å²) in [5.74, 6) is -0.299. The molecule has 0 unspecified atom stereocenters. The monoisotopic (exact) mass is 236 g/mol. The zero-order chi connectivity index (χ0) is 12.5. The Labute approximate surface area is 100 Å². The van der Waals surface area contributed by atoms with Crippen molar-refractivity contribution in [3.8, 4) is 5.75 Å². The molecule has 92 valence electrons. The molecular formula is C13H16O4. The topological polar surface area (TPSA) is 55.8 Å². The number of hydrogen-bond acceptors (Lipinski definition) is 3. The zero-order valence-electron chi connectivity index (χ0n) is 9.59. The molecule has 0 atom stereocenters. The van der Waals surface area contributed by atoms with E-state index in [9.17, 15) is 4.79 Å². The summed E-state index contributed by atoms with van der Waals surface area (Å²) in [6.45, 7) is 5.19. The lowest BCUT2D eigenvalue weighted by Crippen LogP contribution is -2.07. The fraction of sp³-hybridized carbons (Fsp3) is 0.308. The highest BCUT2D eigenvalue weighted by Gasteiger charge is 2.01. The summed E-state index contributed by atoms with van der Waals surface area (Å²) in [5, 5.41) is 8.70. The van der Waals surface area contributed by atoms with Gasteiger partial charge in [-0.2, -0.15) is 0 Å². The average Bonchev–Trinajstić information content (AvgIpc) is 2.34. The lowest BCUT2D eigenvalue weighted by atomic mass is 10.2. The van der Waals surface area contributed by atoms with Gasteiger partial charge in [-0.05, 0) is 30.7 Å². The molecular weight excluding hydrogens is 220 g/mol. The Bertz CT molecular complexity index is 356. The number of benzene rings is 1. The van der Waals surface area contributed by atoms with E-state index in [1.54, 1.807) is 18.2 Å². The molecule has 0 fully saturated rings. The van der Waals surface area contributed by atoms with Crippen LogP contribution in [0.2, 0.25) is 0 Å². The number of aromatic carboxylic acids is 1. The number of rotatable bonds is 8. The summed E-state index contributed by atoms with van der Waals surface area (Å²) in [5.41, 5.74) is 0.250. The van der Waals surface area contributed by atoms with Gasteiger partial charge in [0.25, 0.3) is 0 Å². The summed E-state index contributed by atoms with van der Waals surface area (Å²) in [6.07, 6.45) is 2.62. The maximum absolute atomic E-state index is 10.6. The van der Waals surface area contributed by atoms with Crippen LogP contribution in [0.4, 0.5) is 0 Å². The molecule has 0 bridgehead atoms. The molecule has 4 nitrogen and oxygen atoms in total. The fourth-order valence-electron chi connectivity index (χ4n) is 1.18. The van der Waals surface area contributed by atoms with Crippen molar-refractivity contribution in [2.45, 2.75) is 6.42 Å². The van der Waals surface area contributed by atoms with E-state index in [2.05, 4.69) is 6.58 Å². The highest BCUT2D eigenvalue weighted by atomic mass is 16.5. The van der Waals surface area contributed by atoms with Crippen LogP contribution in [0.3, 0.4) is 0 Å². The minimum absolute atomic E-state index is 0.250. The van der Waals surface area contributed by atoms with Crippen LogP contribution in [0, 0.1) is 0 Å². The van der Waals surface area contributed by atoms with Gasteiger partial charge in [0.15, 0.2) is 0 Å². The van der Waals surface area contributed by atoms with Crippen LogP contribution >= 0.6 is 0 Å². The largest absolute Gasteiger partial charge is 0.491 e. The maximum atomic E-state index is 10.6. The second-order valence-corrected chi connectivity index (χ2v) is 3.37. The SMILES string of the molecule is C=CCCOCCOc1ccc(C(=O)O)cc1. The smallest absolute Gasteiger partial charge is 0.335 e. The normalized spacial score (nSPS) is 9.88. The molecule has 0 amide bonds. The molecule has 0 spiro atoms. The van der Waals surface area contributed by atoms with Crippen molar-refractivity contribution in [3.63, 3.8) is 0 Å². The van der Waals surface area contributed by atoms with Gasteiger partial charge in [-0.1, -0.05) is 6.08 Å². The van der Waals surface area contributed by atoms with E-state index >= 15 is 0 Å². The van der Waals surface area contributed by atoms with Gasteiger partial charge in [-0.3, -0.25) is 0 Å². The Morgan fingerprint density at radius 2 is 1.94 bits per heavy atom. The van der Waals surface area contributed by atoms with E-state index in [4.69, 9.17) is 14.6 Å². The van der Waals surface area contributed by atoms with Gasteiger partial charge in [0.2, 0.25) is 0 Å². The molecule has 0 aliphatic heterocycles. The molecule has 1 aromatic carbocycles. The van der Waals surface area contributed by atoms with Crippen molar-refractivity contribution in [1.29, 1.82) is 0 Å². The van der Waals surface area contributed by atoms with Crippen molar-refractivity contribution in [2.75, 3.05) is 19.8 Å². The van der Waals surface area contributed by atoms with Gasteiger partial charge in [0.1, 0.15) is 12.4 Å². The predicted octanol–water partition coefficient (Wildman–Crippen LogP) is 2.36. The Balaban J connectivity index is 2.23. The lowest BCUT2D eigenvalue weighted by molar-refractivity contribution is 0.0696. The number of hydrogen-bond donors (Lipinski definition) is 1. The van der Waals surface area contributed by atoms with Gasteiger partial charge in [0.05, 0.1) is 18.8 Å². The second-order valence-electron chi connectivity index (χ2n) is 3.37. The van der Waals surface area contributed by atoms with Gasteiger partial charge in [0, 0.05) is 0 Å². The molecule has 0 saturated carbocycles. The first-order valence-corrected chi connectivity index (χ1v) is 5.39. The Kier molecular flexibility index (Phi) is 5.82. The highest BCUT2D eigenvalue weighted by Crippen LogP contribution is 2.11.